The number of amides is 1. The normalized spacial score (nSPS) is 15.1. The molecule has 27 heavy (non-hydrogen) atoms. The van der Waals surface area contributed by atoms with Crippen LogP contribution in [0, 0.1) is 11.3 Å². The molecule has 3 N–H and O–H groups in total. The largest absolute Gasteiger partial charge is 0.465 e. The van der Waals surface area contributed by atoms with Crippen molar-refractivity contribution >= 4 is 28.5 Å². The molecule has 0 bridgehead atoms. The first kappa shape index (κ1) is 16.7. The van der Waals surface area contributed by atoms with Crippen LogP contribution in [0.3, 0.4) is 0 Å². The number of nitrogens with zero attached hydrogens (tertiary/aromatic N) is 4. The lowest BCUT2D eigenvalue weighted by atomic mass is 9.87. The van der Waals surface area contributed by atoms with Crippen LogP contribution < -0.4 is 10.9 Å². The Morgan fingerprint density at radius 3 is 2.74 bits per heavy atom. The molecule has 1 aliphatic rings. The molecule has 1 fully saturated rings. The number of fused-ring (bicyclic) bond motifs is 1. The molecular formula is C18H16N6O3. The van der Waals surface area contributed by atoms with E-state index in [9.17, 15) is 20.0 Å². The maximum absolute atomic E-state index is 12.4. The SMILES string of the molecule is N#CCC1(n2nc(Nc3ccccc3)c3c(=O)[nH]ccc32)CN(C(=O)O)C1. The Kier molecular flexibility index (Phi) is 3.81. The number of H-pyrrole nitrogens is 1. The van der Waals surface area contributed by atoms with Crippen molar-refractivity contribution in [3.63, 3.8) is 0 Å². The van der Waals surface area contributed by atoms with Gasteiger partial charge in [0.1, 0.15) is 10.9 Å². The molecule has 1 saturated heterocycles. The van der Waals surface area contributed by atoms with Gasteiger partial charge in [0.25, 0.3) is 5.56 Å². The first-order valence-corrected chi connectivity index (χ1v) is 8.32. The second kappa shape index (κ2) is 6.17. The Morgan fingerprint density at radius 1 is 1.33 bits per heavy atom. The number of carboxylic acid groups (broad SMARTS) is 1. The number of nitriles is 1. The summed E-state index contributed by atoms with van der Waals surface area (Å²) in [5.74, 6) is 0.365. The van der Waals surface area contributed by atoms with Gasteiger partial charge >= 0.3 is 6.09 Å². The molecule has 1 amide bonds. The summed E-state index contributed by atoms with van der Waals surface area (Å²) in [6.07, 6.45) is 0.564. The van der Waals surface area contributed by atoms with Gasteiger partial charge in [-0.25, -0.2) is 4.79 Å². The number of anilines is 2. The molecule has 0 unspecified atom stereocenters. The summed E-state index contributed by atoms with van der Waals surface area (Å²) < 4.78 is 1.62. The van der Waals surface area contributed by atoms with Crippen molar-refractivity contribution in [2.24, 2.45) is 0 Å². The van der Waals surface area contributed by atoms with Crippen LogP contribution in [0.5, 0.6) is 0 Å². The Labute approximate surface area is 153 Å². The predicted octanol–water partition coefficient (Wildman–Crippen LogP) is 2.07. The standard InChI is InChI=1S/C18H16N6O3/c19-8-7-18(10-23(11-18)17(26)27)24-13-6-9-20-16(25)14(13)15(22-24)21-12-4-2-1-3-5-12/h1-6,9H,7,10-11H2,(H,20,25)(H,21,22)(H,26,27). The van der Waals surface area contributed by atoms with Gasteiger partial charge in [-0.2, -0.15) is 10.4 Å². The molecule has 1 aromatic carbocycles. The monoisotopic (exact) mass is 364 g/mol. The minimum absolute atomic E-state index is 0.0884. The number of pyridine rings is 1. The number of likely N-dealkylation sites (tertiary alicyclic amines) is 1. The van der Waals surface area contributed by atoms with Crippen LogP contribution >= 0.6 is 0 Å². The summed E-state index contributed by atoms with van der Waals surface area (Å²) in [4.78, 5) is 27.5. The zero-order chi connectivity index (χ0) is 19.0. The molecular weight excluding hydrogens is 348 g/mol. The number of benzene rings is 1. The lowest BCUT2D eigenvalue weighted by molar-refractivity contribution is 0.0169. The molecule has 9 heteroatoms. The third kappa shape index (κ3) is 2.67. The van der Waals surface area contributed by atoms with Gasteiger partial charge in [0.05, 0.1) is 31.1 Å². The third-order valence-electron chi connectivity index (χ3n) is 4.74. The molecule has 9 nitrogen and oxygen atoms in total. The van der Waals surface area contributed by atoms with Crippen molar-refractivity contribution in [1.29, 1.82) is 5.26 Å². The summed E-state index contributed by atoms with van der Waals surface area (Å²) in [6, 6.07) is 13.1. The van der Waals surface area contributed by atoms with E-state index < -0.39 is 11.6 Å². The predicted molar refractivity (Wildman–Crippen MR) is 97.9 cm³/mol. The van der Waals surface area contributed by atoms with Crippen LogP contribution in [0.4, 0.5) is 16.3 Å². The van der Waals surface area contributed by atoms with Crippen molar-refractivity contribution in [2.45, 2.75) is 12.0 Å². The summed E-state index contributed by atoms with van der Waals surface area (Å²) in [7, 11) is 0. The van der Waals surface area contributed by atoms with Crippen LogP contribution in [-0.2, 0) is 5.54 Å². The van der Waals surface area contributed by atoms with Gasteiger partial charge in [0, 0.05) is 11.9 Å². The molecule has 0 saturated carbocycles. The van der Waals surface area contributed by atoms with Crippen molar-refractivity contribution in [3.05, 3.63) is 52.9 Å². The first-order chi connectivity index (χ1) is 13.0. The lowest BCUT2D eigenvalue weighted by Crippen LogP contribution is -2.64. The average Bonchev–Trinajstić information content (AvgIpc) is 2.98. The van der Waals surface area contributed by atoms with E-state index in [4.69, 9.17) is 0 Å². The highest BCUT2D eigenvalue weighted by Gasteiger charge is 2.48. The quantitative estimate of drug-likeness (QED) is 0.650. The highest BCUT2D eigenvalue weighted by atomic mass is 16.4. The van der Waals surface area contributed by atoms with Gasteiger partial charge < -0.3 is 20.3 Å². The molecule has 0 radical (unpaired) electrons. The topological polar surface area (TPSA) is 127 Å². The second-order valence-electron chi connectivity index (χ2n) is 6.52. The summed E-state index contributed by atoms with van der Waals surface area (Å²) >= 11 is 0. The number of aromatic nitrogens is 3. The molecule has 3 heterocycles. The van der Waals surface area contributed by atoms with Crippen LogP contribution in [0.25, 0.3) is 10.9 Å². The van der Waals surface area contributed by atoms with E-state index in [2.05, 4.69) is 21.5 Å². The number of carbonyl (C=O) groups is 1. The minimum atomic E-state index is -1.04. The fourth-order valence-corrected chi connectivity index (χ4v) is 3.45. The number of nitrogens with one attached hydrogen (secondary N) is 2. The Morgan fingerprint density at radius 2 is 2.07 bits per heavy atom. The van der Waals surface area contributed by atoms with Crippen molar-refractivity contribution in [2.75, 3.05) is 18.4 Å². The molecule has 4 rings (SSSR count). The highest BCUT2D eigenvalue weighted by molar-refractivity contribution is 5.91. The zero-order valence-electron chi connectivity index (χ0n) is 14.2. The average molecular weight is 364 g/mol. The number of aromatic amines is 1. The number of hydrogen-bond acceptors (Lipinski definition) is 5. The van der Waals surface area contributed by atoms with E-state index in [0.717, 1.165) is 5.69 Å². The second-order valence-corrected chi connectivity index (χ2v) is 6.52. The zero-order valence-corrected chi connectivity index (χ0v) is 14.2. The molecule has 0 atom stereocenters. The first-order valence-electron chi connectivity index (χ1n) is 8.32. The fourth-order valence-electron chi connectivity index (χ4n) is 3.45. The van der Waals surface area contributed by atoms with Crippen LogP contribution in [0.2, 0.25) is 0 Å². The molecule has 0 aliphatic carbocycles. The highest BCUT2D eigenvalue weighted by Crippen LogP contribution is 2.36. The molecule has 2 aromatic heterocycles. The molecule has 3 aromatic rings. The van der Waals surface area contributed by atoms with Gasteiger partial charge in [0.15, 0.2) is 5.82 Å². The number of para-hydroxylation sites is 1. The van der Waals surface area contributed by atoms with Crippen LogP contribution in [-0.4, -0.2) is 44.0 Å². The third-order valence-corrected chi connectivity index (χ3v) is 4.74. The van der Waals surface area contributed by atoms with E-state index in [1.54, 1.807) is 10.7 Å². The van der Waals surface area contributed by atoms with Gasteiger partial charge in [-0.3, -0.25) is 9.48 Å². The summed E-state index contributed by atoms with van der Waals surface area (Å²) in [5, 5.41) is 26.5. The van der Waals surface area contributed by atoms with E-state index in [1.807, 2.05) is 30.3 Å². The van der Waals surface area contributed by atoms with Crippen LogP contribution in [0.1, 0.15) is 6.42 Å². The molecule has 1 aliphatic heterocycles. The molecule has 0 spiro atoms. The Hall–Kier alpha value is -3.80. The smallest absolute Gasteiger partial charge is 0.407 e. The van der Waals surface area contributed by atoms with Gasteiger partial charge in [-0.1, -0.05) is 18.2 Å². The van der Waals surface area contributed by atoms with E-state index in [0.29, 0.717) is 16.7 Å². The van der Waals surface area contributed by atoms with Crippen LogP contribution in [0.15, 0.2) is 47.4 Å². The Balaban J connectivity index is 1.84. The summed E-state index contributed by atoms with van der Waals surface area (Å²) in [6.45, 7) is 0.286. The molecule has 136 valence electrons. The van der Waals surface area contributed by atoms with Crippen molar-refractivity contribution in [1.82, 2.24) is 19.7 Å². The summed E-state index contributed by atoms with van der Waals surface area (Å²) in [5.41, 5.74) is 0.217. The fraction of sp³-hybridized carbons (Fsp3) is 0.222. The minimum Gasteiger partial charge on any atom is -0.465 e. The van der Waals surface area contributed by atoms with Gasteiger partial charge in [-0.05, 0) is 18.2 Å². The number of hydrogen-bond donors (Lipinski definition) is 3. The lowest BCUT2D eigenvalue weighted by Gasteiger charge is -2.47. The van der Waals surface area contributed by atoms with Crippen molar-refractivity contribution < 1.29 is 9.90 Å². The van der Waals surface area contributed by atoms with E-state index in [1.165, 1.54) is 11.1 Å². The number of rotatable bonds is 4. The van der Waals surface area contributed by atoms with E-state index in [-0.39, 0.29) is 25.1 Å². The van der Waals surface area contributed by atoms with Gasteiger partial charge in [0.2, 0.25) is 0 Å². The van der Waals surface area contributed by atoms with Gasteiger partial charge in [-0.15, -0.1) is 0 Å². The Bertz CT molecular complexity index is 1110. The maximum atomic E-state index is 12.4. The van der Waals surface area contributed by atoms with E-state index >= 15 is 0 Å². The maximum Gasteiger partial charge on any atom is 0.407 e. The van der Waals surface area contributed by atoms with Crippen molar-refractivity contribution in [3.8, 4) is 6.07 Å².